The van der Waals surface area contributed by atoms with Gasteiger partial charge in [0.05, 0.1) is 18.7 Å². The average molecular weight is 287 g/mol. The molecule has 0 fully saturated rings. The highest BCUT2D eigenvalue weighted by atomic mass is 19.1. The molecule has 0 radical (unpaired) electrons. The molecule has 1 amide bonds. The fourth-order valence-corrected chi connectivity index (χ4v) is 1.69. The minimum atomic E-state index is -0.457. The molecule has 0 atom stereocenters. The van der Waals surface area contributed by atoms with E-state index in [2.05, 4.69) is 27.4 Å². The number of hydrogen-bond acceptors (Lipinski definition) is 4. The number of benzene rings is 1. The number of nitrogens with zero attached hydrogens (tertiary/aromatic N) is 3. The fourth-order valence-electron chi connectivity index (χ4n) is 1.69. The molecule has 0 aliphatic rings. The van der Waals surface area contributed by atoms with Gasteiger partial charge in [-0.15, -0.1) is 10.2 Å². The molecule has 0 saturated heterocycles. The van der Waals surface area contributed by atoms with Gasteiger partial charge in [-0.25, -0.2) is 4.39 Å². The Kier molecular flexibility index (Phi) is 4.64. The number of rotatable bonds is 3. The largest absolute Gasteiger partial charge is 0.345 e. The highest BCUT2D eigenvalue weighted by Crippen LogP contribution is 2.10. The van der Waals surface area contributed by atoms with Crippen molar-refractivity contribution in [1.82, 2.24) is 20.1 Å². The van der Waals surface area contributed by atoms with Crippen LogP contribution in [-0.2, 0) is 13.6 Å². The third-order valence-electron chi connectivity index (χ3n) is 2.76. The summed E-state index contributed by atoms with van der Waals surface area (Å²) in [5, 5.41) is 10.3. The summed E-state index contributed by atoms with van der Waals surface area (Å²) in [4.78, 5) is 12.2. The molecule has 2 rings (SSSR count). The molecular weight excluding hydrogens is 273 g/mol. The predicted molar refractivity (Wildman–Crippen MR) is 74.5 cm³/mol. The molecule has 7 heteroatoms. The topological polar surface area (TPSA) is 85.8 Å². The molecule has 3 N–H and O–H groups in total. The van der Waals surface area contributed by atoms with E-state index in [1.807, 2.05) is 0 Å². The summed E-state index contributed by atoms with van der Waals surface area (Å²) in [5.41, 5.74) is 5.89. The Bertz CT molecular complexity index is 714. The van der Waals surface area contributed by atoms with E-state index in [0.717, 1.165) is 0 Å². The number of carbonyl (C=O) groups is 1. The lowest BCUT2D eigenvalue weighted by Gasteiger charge is -2.07. The summed E-state index contributed by atoms with van der Waals surface area (Å²) in [6, 6.07) is 3.81. The van der Waals surface area contributed by atoms with Crippen LogP contribution >= 0.6 is 0 Å². The second-order valence-corrected chi connectivity index (χ2v) is 4.24. The van der Waals surface area contributed by atoms with E-state index in [0.29, 0.717) is 17.0 Å². The number of nitrogens with one attached hydrogen (secondary N) is 1. The molecule has 0 aliphatic heterocycles. The van der Waals surface area contributed by atoms with Crippen molar-refractivity contribution >= 4 is 5.91 Å². The third-order valence-corrected chi connectivity index (χ3v) is 2.76. The maximum Gasteiger partial charge on any atom is 0.252 e. The monoisotopic (exact) mass is 287 g/mol. The Balaban J connectivity index is 2.17. The van der Waals surface area contributed by atoms with Gasteiger partial charge in [0.2, 0.25) is 0 Å². The Morgan fingerprint density at radius 3 is 3.00 bits per heavy atom. The summed E-state index contributed by atoms with van der Waals surface area (Å²) in [7, 11) is 1.78. The summed E-state index contributed by atoms with van der Waals surface area (Å²) < 4.78 is 14.9. The van der Waals surface area contributed by atoms with Crippen LogP contribution in [-0.4, -0.2) is 27.2 Å². The lowest BCUT2D eigenvalue weighted by Crippen LogP contribution is -2.25. The summed E-state index contributed by atoms with van der Waals surface area (Å²) in [5.74, 6) is 5.09. The normalized spacial score (nSPS) is 9.86. The van der Waals surface area contributed by atoms with Gasteiger partial charge in [-0.1, -0.05) is 11.8 Å². The van der Waals surface area contributed by atoms with Crippen LogP contribution in [0.15, 0.2) is 24.5 Å². The molecule has 0 unspecified atom stereocenters. The number of aryl methyl sites for hydroxylation is 1. The molecule has 1 aromatic carbocycles. The van der Waals surface area contributed by atoms with Gasteiger partial charge in [-0.05, 0) is 18.2 Å². The molecule has 0 bridgehead atoms. The molecule has 2 aromatic rings. The first-order chi connectivity index (χ1) is 10.1. The van der Waals surface area contributed by atoms with Crippen LogP contribution in [0, 0.1) is 17.7 Å². The number of aromatic nitrogens is 3. The summed E-state index contributed by atoms with van der Waals surface area (Å²) in [6.45, 7) is 0.354. The first kappa shape index (κ1) is 14.7. The van der Waals surface area contributed by atoms with Crippen LogP contribution in [0.4, 0.5) is 4.39 Å². The first-order valence-electron chi connectivity index (χ1n) is 6.21. The lowest BCUT2D eigenvalue weighted by atomic mass is 10.1. The Morgan fingerprint density at radius 2 is 2.33 bits per heavy atom. The van der Waals surface area contributed by atoms with Crippen molar-refractivity contribution in [2.75, 3.05) is 6.54 Å². The molecule has 1 aromatic heterocycles. The van der Waals surface area contributed by atoms with E-state index in [9.17, 15) is 9.18 Å². The van der Waals surface area contributed by atoms with E-state index < -0.39 is 5.82 Å². The van der Waals surface area contributed by atoms with Gasteiger partial charge < -0.3 is 15.6 Å². The standard InChI is InChI=1S/C14H14FN5O/c1-20-9-18-19-13(20)8-17-14(21)12-5-4-11(15)7-10(12)3-2-6-16/h4-5,7,9H,6,8,16H2,1H3,(H,17,21). The van der Waals surface area contributed by atoms with Crippen LogP contribution in [0.1, 0.15) is 21.7 Å². The van der Waals surface area contributed by atoms with Crippen LogP contribution in [0.2, 0.25) is 0 Å². The van der Waals surface area contributed by atoms with Crippen molar-refractivity contribution in [2.45, 2.75) is 6.54 Å². The van der Waals surface area contributed by atoms with E-state index in [1.54, 1.807) is 11.6 Å². The molecule has 21 heavy (non-hydrogen) atoms. The van der Waals surface area contributed by atoms with Gasteiger partial charge >= 0.3 is 0 Å². The maximum absolute atomic E-state index is 13.2. The van der Waals surface area contributed by atoms with Gasteiger partial charge in [0.15, 0.2) is 5.82 Å². The first-order valence-corrected chi connectivity index (χ1v) is 6.21. The maximum atomic E-state index is 13.2. The van der Waals surface area contributed by atoms with Gasteiger partial charge in [-0.2, -0.15) is 0 Å². The molecule has 0 aliphatic carbocycles. The van der Waals surface area contributed by atoms with Crippen molar-refractivity contribution in [3.63, 3.8) is 0 Å². The van der Waals surface area contributed by atoms with Gasteiger partial charge in [-0.3, -0.25) is 4.79 Å². The fraction of sp³-hybridized carbons (Fsp3) is 0.214. The van der Waals surface area contributed by atoms with E-state index >= 15 is 0 Å². The Labute approximate surface area is 121 Å². The van der Waals surface area contributed by atoms with E-state index in [4.69, 9.17) is 5.73 Å². The Hall–Kier alpha value is -2.72. The number of nitrogens with two attached hydrogens (primary N) is 1. The molecule has 0 spiro atoms. The minimum Gasteiger partial charge on any atom is -0.345 e. The van der Waals surface area contributed by atoms with E-state index in [1.165, 1.54) is 24.5 Å². The highest BCUT2D eigenvalue weighted by molar-refractivity contribution is 5.96. The quantitative estimate of drug-likeness (QED) is 0.789. The van der Waals surface area contributed by atoms with Crippen molar-refractivity contribution in [3.05, 3.63) is 47.3 Å². The van der Waals surface area contributed by atoms with Crippen molar-refractivity contribution < 1.29 is 9.18 Å². The zero-order valence-electron chi connectivity index (χ0n) is 11.4. The van der Waals surface area contributed by atoms with Crippen molar-refractivity contribution in [2.24, 2.45) is 12.8 Å². The second-order valence-electron chi connectivity index (χ2n) is 4.24. The zero-order chi connectivity index (χ0) is 15.2. The number of amides is 1. The molecule has 6 nitrogen and oxygen atoms in total. The van der Waals surface area contributed by atoms with Crippen LogP contribution in [0.5, 0.6) is 0 Å². The SMILES string of the molecule is Cn1cnnc1CNC(=O)c1ccc(F)cc1C#CCN. The second kappa shape index (κ2) is 6.63. The highest BCUT2D eigenvalue weighted by Gasteiger charge is 2.12. The van der Waals surface area contributed by atoms with Crippen LogP contribution in [0.25, 0.3) is 0 Å². The molecular formula is C14H14FN5O. The van der Waals surface area contributed by atoms with Gasteiger partial charge in [0, 0.05) is 12.6 Å². The van der Waals surface area contributed by atoms with Gasteiger partial charge in [0.1, 0.15) is 12.1 Å². The molecule has 1 heterocycles. The van der Waals surface area contributed by atoms with Gasteiger partial charge in [0.25, 0.3) is 5.91 Å². The van der Waals surface area contributed by atoms with Crippen LogP contribution < -0.4 is 11.1 Å². The van der Waals surface area contributed by atoms with Crippen LogP contribution in [0.3, 0.4) is 0 Å². The average Bonchev–Trinajstić information content (AvgIpc) is 2.88. The third kappa shape index (κ3) is 3.64. The predicted octanol–water partition coefficient (Wildman–Crippen LogP) is 0.194. The minimum absolute atomic E-state index is 0.135. The molecule has 0 saturated carbocycles. The lowest BCUT2D eigenvalue weighted by molar-refractivity contribution is 0.0949. The summed E-state index contributed by atoms with van der Waals surface area (Å²) >= 11 is 0. The number of hydrogen-bond donors (Lipinski definition) is 2. The molecule has 108 valence electrons. The van der Waals surface area contributed by atoms with Crippen molar-refractivity contribution in [3.8, 4) is 11.8 Å². The number of halogens is 1. The van der Waals surface area contributed by atoms with E-state index in [-0.39, 0.29) is 19.0 Å². The smallest absolute Gasteiger partial charge is 0.252 e. The zero-order valence-corrected chi connectivity index (χ0v) is 11.4. The Morgan fingerprint density at radius 1 is 1.52 bits per heavy atom. The van der Waals surface area contributed by atoms with Crippen molar-refractivity contribution in [1.29, 1.82) is 0 Å². The number of carbonyl (C=O) groups excluding carboxylic acids is 1. The summed E-state index contributed by atoms with van der Waals surface area (Å²) in [6.07, 6.45) is 1.54.